The second-order valence-electron chi connectivity index (χ2n) is 4.70. The first-order valence-corrected chi connectivity index (χ1v) is 6.40. The summed E-state index contributed by atoms with van der Waals surface area (Å²) < 4.78 is 0. The molecule has 0 radical (unpaired) electrons. The van der Waals surface area contributed by atoms with Crippen LogP contribution in [0, 0.1) is 6.92 Å². The highest BCUT2D eigenvalue weighted by molar-refractivity contribution is 5.79. The van der Waals surface area contributed by atoms with Crippen LogP contribution in [-0.4, -0.2) is 22.7 Å². The second-order valence-corrected chi connectivity index (χ2v) is 4.70. The van der Waals surface area contributed by atoms with Gasteiger partial charge in [-0.1, -0.05) is 19.1 Å². The summed E-state index contributed by atoms with van der Waals surface area (Å²) in [6, 6.07) is 10.0. The number of nitrogens with zero attached hydrogens (tertiary/aromatic N) is 1. The van der Waals surface area contributed by atoms with Crippen molar-refractivity contribution in [2.24, 2.45) is 0 Å². The molecule has 0 amide bonds. The third kappa shape index (κ3) is 2.68. The van der Waals surface area contributed by atoms with Gasteiger partial charge in [0.05, 0.1) is 11.6 Å². The molecule has 0 saturated heterocycles. The predicted octanol–water partition coefficient (Wildman–Crippen LogP) is 2.57. The van der Waals surface area contributed by atoms with Gasteiger partial charge in [-0.25, -0.2) is 0 Å². The van der Waals surface area contributed by atoms with Crippen molar-refractivity contribution >= 4 is 10.9 Å². The third-order valence-electron chi connectivity index (χ3n) is 3.19. The number of aromatic nitrogens is 1. The lowest BCUT2D eigenvalue weighted by Crippen LogP contribution is -2.31. The summed E-state index contributed by atoms with van der Waals surface area (Å²) in [7, 11) is 0. The van der Waals surface area contributed by atoms with Gasteiger partial charge in [0.25, 0.3) is 0 Å². The highest BCUT2D eigenvalue weighted by Gasteiger charge is 2.15. The van der Waals surface area contributed by atoms with Crippen LogP contribution in [0.3, 0.4) is 0 Å². The molecule has 0 aliphatic carbocycles. The first-order chi connectivity index (χ1) is 8.61. The molecule has 3 nitrogen and oxygen atoms in total. The largest absolute Gasteiger partial charge is 0.387 e. The van der Waals surface area contributed by atoms with Crippen LogP contribution < -0.4 is 5.32 Å². The summed E-state index contributed by atoms with van der Waals surface area (Å²) in [4.78, 5) is 4.46. The Morgan fingerprint density at radius 2 is 2.06 bits per heavy atom. The first-order valence-electron chi connectivity index (χ1n) is 6.40. The topological polar surface area (TPSA) is 45.1 Å². The Morgan fingerprint density at radius 3 is 2.78 bits per heavy atom. The van der Waals surface area contributed by atoms with E-state index in [-0.39, 0.29) is 6.04 Å². The molecule has 2 N–H and O–H groups in total. The van der Waals surface area contributed by atoms with Gasteiger partial charge in [0.15, 0.2) is 0 Å². The number of pyridine rings is 1. The third-order valence-corrected chi connectivity index (χ3v) is 3.19. The Bertz CT molecular complexity index is 539. The molecule has 0 spiro atoms. The summed E-state index contributed by atoms with van der Waals surface area (Å²) in [5.74, 6) is 0. The molecule has 0 bridgehead atoms. The predicted molar refractivity (Wildman–Crippen MR) is 74.6 cm³/mol. The number of nitrogens with one attached hydrogen (secondary N) is 1. The Morgan fingerprint density at radius 1 is 1.28 bits per heavy atom. The molecule has 1 aromatic heterocycles. The van der Waals surface area contributed by atoms with Gasteiger partial charge in [-0.2, -0.15) is 0 Å². The van der Waals surface area contributed by atoms with E-state index in [4.69, 9.17) is 0 Å². The maximum Gasteiger partial charge on any atom is 0.0940 e. The van der Waals surface area contributed by atoms with Crippen LogP contribution in [0.25, 0.3) is 10.9 Å². The highest BCUT2D eigenvalue weighted by atomic mass is 16.3. The molecule has 1 heterocycles. The number of hydrogen-bond acceptors (Lipinski definition) is 3. The van der Waals surface area contributed by atoms with Crippen molar-refractivity contribution in [3.05, 3.63) is 41.6 Å². The molecule has 2 aromatic rings. The van der Waals surface area contributed by atoms with Crippen LogP contribution in [0.1, 0.15) is 31.2 Å². The maximum absolute atomic E-state index is 10.3. The number of aliphatic hydroxyl groups excluding tert-OH is 1. The van der Waals surface area contributed by atoms with Crippen LogP contribution in [0.15, 0.2) is 30.3 Å². The maximum atomic E-state index is 10.3. The van der Waals surface area contributed by atoms with Gasteiger partial charge in [0, 0.05) is 17.1 Å². The average molecular weight is 244 g/mol. The van der Waals surface area contributed by atoms with Crippen LogP contribution in [0.2, 0.25) is 0 Å². The van der Waals surface area contributed by atoms with Gasteiger partial charge in [-0.3, -0.25) is 4.98 Å². The molecule has 1 aromatic carbocycles. The molecule has 3 heteroatoms. The summed E-state index contributed by atoms with van der Waals surface area (Å²) in [6.45, 7) is 6.87. The van der Waals surface area contributed by atoms with Gasteiger partial charge < -0.3 is 10.4 Å². The fourth-order valence-corrected chi connectivity index (χ4v) is 2.15. The van der Waals surface area contributed by atoms with Crippen molar-refractivity contribution in [2.75, 3.05) is 6.54 Å². The van der Waals surface area contributed by atoms with Crippen LogP contribution in [0.5, 0.6) is 0 Å². The van der Waals surface area contributed by atoms with E-state index < -0.39 is 6.10 Å². The van der Waals surface area contributed by atoms with Gasteiger partial charge in [0.2, 0.25) is 0 Å². The molecule has 2 unspecified atom stereocenters. The SMILES string of the molecule is CCNC(C)C(O)c1ccc2nc(C)ccc2c1. The van der Waals surface area contributed by atoms with E-state index in [1.54, 1.807) is 0 Å². The van der Waals surface area contributed by atoms with Crippen LogP contribution in [0.4, 0.5) is 0 Å². The molecule has 0 aliphatic heterocycles. The Hall–Kier alpha value is -1.45. The van der Waals surface area contributed by atoms with Crippen molar-refractivity contribution in [3.8, 4) is 0 Å². The number of aryl methyl sites for hydroxylation is 1. The van der Waals surface area contributed by atoms with E-state index in [0.29, 0.717) is 0 Å². The fraction of sp³-hybridized carbons (Fsp3) is 0.400. The minimum absolute atomic E-state index is 0.0471. The normalized spacial score (nSPS) is 14.7. The molecular formula is C15H20N2O. The van der Waals surface area contributed by atoms with E-state index >= 15 is 0 Å². The zero-order valence-electron chi connectivity index (χ0n) is 11.1. The Balaban J connectivity index is 2.32. The molecule has 2 rings (SSSR count). The minimum Gasteiger partial charge on any atom is -0.387 e. The van der Waals surface area contributed by atoms with Crippen molar-refractivity contribution in [2.45, 2.75) is 32.9 Å². The first kappa shape index (κ1) is 13.0. The molecule has 18 heavy (non-hydrogen) atoms. The number of rotatable bonds is 4. The Labute approximate surface area is 108 Å². The lowest BCUT2D eigenvalue weighted by Gasteiger charge is -2.20. The number of benzene rings is 1. The van der Waals surface area contributed by atoms with Gasteiger partial charge >= 0.3 is 0 Å². The minimum atomic E-state index is -0.490. The molecular weight excluding hydrogens is 224 g/mol. The van der Waals surface area contributed by atoms with E-state index in [2.05, 4.69) is 10.3 Å². The van der Waals surface area contributed by atoms with Gasteiger partial charge in [-0.15, -0.1) is 0 Å². The molecule has 0 fully saturated rings. The summed E-state index contributed by atoms with van der Waals surface area (Å²) in [5, 5.41) is 14.6. The van der Waals surface area contributed by atoms with E-state index in [9.17, 15) is 5.11 Å². The molecule has 2 atom stereocenters. The zero-order chi connectivity index (χ0) is 13.1. The zero-order valence-corrected chi connectivity index (χ0v) is 11.1. The smallest absolute Gasteiger partial charge is 0.0940 e. The summed E-state index contributed by atoms with van der Waals surface area (Å²) in [6.07, 6.45) is -0.490. The lowest BCUT2D eigenvalue weighted by atomic mass is 10.0. The molecule has 96 valence electrons. The summed E-state index contributed by atoms with van der Waals surface area (Å²) in [5.41, 5.74) is 2.92. The number of likely N-dealkylation sites (N-methyl/N-ethyl adjacent to an activating group) is 1. The molecule has 0 aliphatic rings. The van der Waals surface area contributed by atoms with E-state index in [1.165, 1.54) is 0 Å². The van der Waals surface area contributed by atoms with Crippen molar-refractivity contribution in [1.29, 1.82) is 0 Å². The van der Waals surface area contributed by atoms with Crippen molar-refractivity contribution in [1.82, 2.24) is 10.3 Å². The number of fused-ring (bicyclic) bond motifs is 1. The van der Waals surface area contributed by atoms with Crippen LogP contribution in [-0.2, 0) is 0 Å². The fourth-order valence-electron chi connectivity index (χ4n) is 2.15. The number of aliphatic hydroxyl groups is 1. The van der Waals surface area contributed by atoms with Crippen LogP contribution >= 0.6 is 0 Å². The monoisotopic (exact) mass is 244 g/mol. The summed E-state index contributed by atoms with van der Waals surface area (Å²) >= 11 is 0. The highest BCUT2D eigenvalue weighted by Crippen LogP contribution is 2.21. The number of hydrogen-bond donors (Lipinski definition) is 2. The van der Waals surface area contributed by atoms with Gasteiger partial charge in [-0.05, 0) is 44.2 Å². The Kier molecular flexibility index (Phi) is 3.94. The van der Waals surface area contributed by atoms with E-state index in [0.717, 1.165) is 28.7 Å². The van der Waals surface area contributed by atoms with Crippen molar-refractivity contribution in [3.63, 3.8) is 0 Å². The lowest BCUT2D eigenvalue weighted by molar-refractivity contribution is 0.137. The van der Waals surface area contributed by atoms with Crippen molar-refractivity contribution < 1.29 is 5.11 Å². The van der Waals surface area contributed by atoms with Gasteiger partial charge in [0.1, 0.15) is 0 Å². The second kappa shape index (κ2) is 5.46. The molecule has 0 saturated carbocycles. The quantitative estimate of drug-likeness (QED) is 0.869. The van der Waals surface area contributed by atoms with E-state index in [1.807, 2.05) is 51.1 Å². The average Bonchev–Trinajstić information content (AvgIpc) is 2.37. The standard InChI is InChI=1S/C15H20N2O/c1-4-16-11(3)15(18)13-7-8-14-12(9-13)6-5-10(2)17-14/h5-9,11,15-16,18H,4H2,1-3H3.